The summed E-state index contributed by atoms with van der Waals surface area (Å²) in [6.45, 7) is 8.11. The third-order valence-electron chi connectivity index (χ3n) is 8.31. The quantitative estimate of drug-likeness (QED) is 0.0773. The molecule has 2 unspecified atom stereocenters. The number of carbonyl (C=O) groups is 4. The minimum Gasteiger partial charge on any atom is -0.507 e. The number of phenols is 2. The minimum atomic E-state index is -0.602. The number of amides is 4. The van der Waals surface area contributed by atoms with Crippen molar-refractivity contribution in [1.29, 1.82) is 0 Å². The molecule has 10 heteroatoms. The summed E-state index contributed by atoms with van der Waals surface area (Å²) in [5.74, 6) is -3.00. The molecule has 2 aromatic carbocycles. The molecule has 254 valence electrons. The van der Waals surface area contributed by atoms with Crippen molar-refractivity contribution in [3.63, 3.8) is 0 Å². The molecular formula is C36H54N4O6. The van der Waals surface area contributed by atoms with Crippen LogP contribution >= 0.6 is 0 Å². The lowest BCUT2D eigenvalue weighted by Crippen LogP contribution is -2.46. The lowest BCUT2D eigenvalue weighted by Gasteiger charge is -2.21. The second kappa shape index (κ2) is 20.9. The number of rotatable bonds is 19. The first kappa shape index (κ1) is 38.1. The summed E-state index contributed by atoms with van der Waals surface area (Å²) in [5, 5.41) is 21.2. The first-order valence-electron chi connectivity index (χ1n) is 17.0. The van der Waals surface area contributed by atoms with E-state index >= 15 is 0 Å². The molecule has 2 aromatic rings. The van der Waals surface area contributed by atoms with Crippen LogP contribution < -0.4 is 21.7 Å². The van der Waals surface area contributed by atoms with Crippen LogP contribution in [-0.4, -0.2) is 33.8 Å². The molecule has 0 fully saturated rings. The van der Waals surface area contributed by atoms with Crippen LogP contribution in [0, 0.1) is 11.8 Å². The van der Waals surface area contributed by atoms with Gasteiger partial charge in [-0.25, -0.2) is 0 Å². The average molecular weight is 639 g/mol. The molecule has 0 heterocycles. The number of aryl methyl sites for hydroxylation is 2. The van der Waals surface area contributed by atoms with Gasteiger partial charge in [0, 0.05) is 11.8 Å². The van der Waals surface area contributed by atoms with Crippen LogP contribution in [0.2, 0.25) is 0 Å². The zero-order chi connectivity index (χ0) is 33.9. The van der Waals surface area contributed by atoms with Crippen molar-refractivity contribution in [2.24, 2.45) is 11.8 Å². The first-order chi connectivity index (χ1) is 22.2. The van der Waals surface area contributed by atoms with E-state index in [1.165, 1.54) is 12.1 Å². The molecule has 0 aromatic heterocycles. The molecule has 0 saturated heterocycles. The first-order valence-corrected chi connectivity index (χ1v) is 17.0. The molecule has 6 N–H and O–H groups in total. The summed E-state index contributed by atoms with van der Waals surface area (Å²) in [6, 6.07) is 10.1. The lowest BCUT2D eigenvalue weighted by atomic mass is 9.89. The third-order valence-corrected chi connectivity index (χ3v) is 8.31. The number of hydrogen-bond donors (Lipinski definition) is 6. The van der Waals surface area contributed by atoms with Gasteiger partial charge in [0.25, 0.3) is 11.8 Å². The van der Waals surface area contributed by atoms with Gasteiger partial charge in [-0.1, -0.05) is 90.5 Å². The van der Waals surface area contributed by atoms with Gasteiger partial charge in [-0.3, -0.25) is 40.9 Å². The number of nitrogens with one attached hydrogen (secondary N) is 4. The summed E-state index contributed by atoms with van der Waals surface area (Å²) < 4.78 is 0. The van der Waals surface area contributed by atoms with Gasteiger partial charge in [0.05, 0.1) is 11.1 Å². The number of unbranched alkanes of at least 4 members (excludes halogenated alkanes) is 4. The third kappa shape index (κ3) is 12.0. The van der Waals surface area contributed by atoms with Gasteiger partial charge in [-0.15, -0.1) is 0 Å². The molecule has 0 bridgehead atoms. The molecule has 0 aliphatic carbocycles. The van der Waals surface area contributed by atoms with Gasteiger partial charge in [-0.2, -0.15) is 0 Å². The maximum atomic E-state index is 13.1. The predicted molar refractivity (Wildman–Crippen MR) is 180 cm³/mol. The minimum absolute atomic E-state index is 0.0779. The molecule has 0 aliphatic heterocycles. The van der Waals surface area contributed by atoms with Crippen LogP contribution in [0.25, 0.3) is 0 Å². The molecule has 0 radical (unpaired) electrons. The number of carbonyl (C=O) groups excluding carboxylic acids is 4. The maximum absolute atomic E-state index is 13.1. The average Bonchev–Trinajstić information content (AvgIpc) is 3.05. The van der Waals surface area contributed by atoms with E-state index in [1.807, 2.05) is 13.8 Å². The predicted octanol–water partition coefficient (Wildman–Crippen LogP) is 6.40. The fraction of sp³-hybridized carbons (Fsp3) is 0.556. The number of para-hydroxylation sites is 2. The number of hydrogen-bond acceptors (Lipinski definition) is 6. The Bertz CT molecular complexity index is 1180. The molecule has 2 rings (SSSR count). The van der Waals surface area contributed by atoms with E-state index < -0.39 is 23.7 Å². The Morgan fingerprint density at radius 3 is 1.28 bits per heavy atom. The SMILES string of the molecule is CCCCCc1cccc(C(=O)NNC(=O)C(CCC)CCC(CCC)C(=O)NNC(=O)c2cccc(CCCCC)c2O)c1O. The smallest absolute Gasteiger partial charge is 0.273 e. The van der Waals surface area contributed by atoms with Crippen LogP contribution in [0.4, 0.5) is 0 Å². The van der Waals surface area contributed by atoms with Crippen molar-refractivity contribution in [3.05, 3.63) is 58.7 Å². The van der Waals surface area contributed by atoms with Crippen molar-refractivity contribution in [2.45, 2.75) is 118 Å². The monoisotopic (exact) mass is 638 g/mol. The Morgan fingerprint density at radius 2 is 0.935 bits per heavy atom. The Balaban J connectivity index is 1.96. The van der Waals surface area contributed by atoms with Crippen molar-refractivity contribution < 1.29 is 29.4 Å². The van der Waals surface area contributed by atoms with Crippen LogP contribution in [0.3, 0.4) is 0 Å². The lowest BCUT2D eigenvalue weighted by molar-refractivity contribution is -0.128. The Kier molecular flexibility index (Phi) is 17.3. The normalized spacial score (nSPS) is 12.2. The molecular weight excluding hydrogens is 584 g/mol. The van der Waals surface area contributed by atoms with E-state index in [9.17, 15) is 29.4 Å². The number of phenolic OH excluding ortho intramolecular Hbond substituents is 2. The molecule has 4 amide bonds. The van der Waals surface area contributed by atoms with E-state index in [0.717, 1.165) is 51.4 Å². The highest BCUT2D eigenvalue weighted by Crippen LogP contribution is 2.26. The van der Waals surface area contributed by atoms with Gasteiger partial charge in [0.1, 0.15) is 11.5 Å². The molecule has 10 nitrogen and oxygen atoms in total. The number of benzene rings is 2. The van der Waals surface area contributed by atoms with E-state index in [-0.39, 0.29) is 34.4 Å². The summed E-state index contributed by atoms with van der Waals surface area (Å²) in [5.41, 5.74) is 11.5. The summed E-state index contributed by atoms with van der Waals surface area (Å²) >= 11 is 0. The van der Waals surface area contributed by atoms with Crippen molar-refractivity contribution in [3.8, 4) is 11.5 Å². The largest absolute Gasteiger partial charge is 0.507 e. The Labute approximate surface area is 274 Å². The van der Waals surface area contributed by atoms with Gasteiger partial charge in [0.2, 0.25) is 11.8 Å². The Hall–Kier alpha value is -4.08. The van der Waals surface area contributed by atoms with E-state index in [4.69, 9.17) is 0 Å². The zero-order valence-electron chi connectivity index (χ0n) is 28.0. The number of aromatic hydroxyl groups is 2. The second-order valence-corrected chi connectivity index (χ2v) is 12.0. The molecule has 0 saturated carbocycles. The molecule has 46 heavy (non-hydrogen) atoms. The summed E-state index contributed by atoms with van der Waals surface area (Å²) in [4.78, 5) is 51.8. The zero-order valence-corrected chi connectivity index (χ0v) is 28.0. The fourth-order valence-corrected chi connectivity index (χ4v) is 5.57. The van der Waals surface area contributed by atoms with Crippen molar-refractivity contribution in [2.75, 3.05) is 0 Å². The molecule has 0 spiro atoms. The summed E-state index contributed by atoms with van der Waals surface area (Å²) in [7, 11) is 0. The van der Waals surface area contributed by atoms with Gasteiger partial charge in [-0.05, 0) is 74.6 Å². The van der Waals surface area contributed by atoms with Crippen molar-refractivity contribution >= 4 is 23.6 Å². The topological polar surface area (TPSA) is 157 Å². The van der Waals surface area contributed by atoms with E-state index in [0.29, 0.717) is 49.7 Å². The van der Waals surface area contributed by atoms with Crippen LogP contribution in [0.5, 0.6) is 11.5 Å². The van der Waals surface area contributed by atoms with Gasteiger partial charge >= 0.3 is 0 Å². The van der Waals surface area contributed by atoms with E-state index in [1.54, 1.807) is 24.3 Å². The van der Waals surface area contributed by atoms with Crippen LogP contribution in [-0.2, 0) is 22.4 Å². The molecule has 2 atom stereocenters. The van der Waals surface area contributed by atoms with E-state index in [2.05, 4.69) is 35.6 Å². The highest BCUT2D eigenvalue weighted by atomic mass is 16.3. The van der Waals surface area contributed by atoms with Crippen LogP contribution in [0.15, 0.2) is 36.4 Å². The van der Waals surface area contributed by atoms with Gasteiger partial charge < -0.3 is 10.2 Å². The second-order valence-electron chi connectivity index (χ2n) is 12.0. The summed E-state index contributed by atoms with van der Waals surface area (Å²) in [6.07, 6.45) is 10.7. The van der Waals surface area contributed by atoms with Crippen LogP contribution in [0.1, 0.15) is 137 Å². The van der Waals surface area contributed by atoms with Crippen molar-refractivity contribution in [1.82, 2.24) is 21.7 Å². The van der Waals surface area contributed by atoms with Gasteiger partial charge in [0.15, 0.2) is 0 Å². The fourth-order valence-electron chi connectivity index (χ4n) is 5.57. The Morgan fingerprint density at radius 1 is 0.543 bits per heavy atom. The number of hydrazine groups is 2. The highest BCUT2D eigenvalue weighted by Gasteiger charge is 2.25. The standard InChI is InChI=1S/C36H54N4O6/c1-5-9-11-17-25-19-13-21-29(31(25)41)35(45)39-37-33(43)27(15-7-3)23-24-28(16-8-4)34(44)38-40-36(46)30-22-14-20-26(32(30)42)18-12-10-6-2/h13-14,19-22,27-28,41-42H,5-12,15-18,23-24H2,1-4H3,(H,37,43)(H,38,44)(H,39,45)(H,40,46). The molecule has 0 aliphatic rings. The maximum Gasteiger partial charge on any atom is 0.273 e. The highest BCUT2D eigenvalue weighted by molar-refractivity contribution is 5.99.